The number of piperazine rings is 1. The van der Waals surface area contributed by atoms with E-state index in [1.807, 2.05) is 32.0 Å². The third-order valence-corrected chi connectivity index (χ3v) is 5.23. The number of aryl methyl sites for hydroxylation is 1. The van der Waals surface area contributed by atoms with Gasteiger partial charge in [0.15, 0.2) is 0 Å². The van der Waals surface area contributed by atoms with Gasteiger partial charge in [-0.05, 0) is 38.5 Å². The van der Waals surface area contributed by atoms with E-state index < -0.39 is 17.8 Å². The van der Waals surface area contributed by atoms with E-state index >= 15 is 0 Å². The van der Waals surface area contributed by atoms with Crippen LogP contribution >= 0.6 is 11.3 Å². The zero-order valence-electron chi connectivity index (χ0n) is 14.4. The van der Waals surface area contributed by atoms with E-state index in [9.17, 15) is 14.4 Å². The highest BCUT2D eigenvalue weighted by molar-refractivity contribution is 7.18. The van der Waals surface area contributed by atoms with Gasteiger partial charge in [-0.3, -0.25) is 14.5 Å². The summed E-state index contributed by atoms with van der Waals surface area (Å²) in [6.07, 6.45) is 0. The molecule has 1 saturated heterocycles. The molecule has 1 aliphatic heterocycles. The van der Waals surface area contributed by atoms with Gasteiger partial charge in [-0.25, -0.2) is 9.78 Å². The molecular weight excluding hydrogens is 340 g/mol. The first-order valence-corrected chi connectivity index (χ1v) is 9.00. The highest BCUT2D eigenvalue weighted by Gasteiger charge is 2.35. The lowest BCUT2D eigenvalue weighted by molar-refractivity contribution is -0.153. The Morgan fingerprint density at radius 3 is 2.80 bits per heavy atom. The van der Waals surface area contributed by atoms with Crippen LogP contribution in [0.1, 0.15) is 30.5 Å². The summed E-state index contributed by atoms with van der Waals surface area (Å²) in [4.78, 5) is 43.3. The van der Waals surface area contributed by atoms with E-state index in [1.165, 1.54) is 4.90 Å². The lowest BCUT2D eigenvalue weighted by Crippen LogP contribution is -2.58. The van der Waals surface area contributed by atoms with Crippen molar-refractivity contribution in [2.75, 3.05) is 19.6 Å². The minimum Gasteiger partial charge on any atom is -0.333 e. The Morgan fingerprint density at radius 1 is 1.32 bits per heavy atom. The van der Waals surface area contributed by atoms with Gasteiger partial charge in [0.1, 0.15) is 0 Å². The summed E-state index contributed by atoms with van der Waals surface area (Å²) in [6.45, 7) is 6.65. The molecular formula is C17H20N4O3S. The summed E-state index contributed by atoms with van der Waals surface area (Å²) in [5, 5.41) is 3.79. The van der Waals surface area contributed by atoms with Crippen LogP contribution in [-0.2, 0) is 9.59 Å². The molecule has 132 valence electrons. The number of rotatable bonds is 3. The van der Waals surface area contributed by atoms with Crippen molar-refractivity contribution in [3.8, 4) is 0 Å². The third-order valence-electron chi connectivity index (χ3n) is 4.30. The predicted molar refractivity (Wildman–Crippen MR) is 95.3 cm³/mol. The topological polar surface area (TPSA) is 82.6 Å². The molecule has 1 aliphatic rings. The molecule has 0 aliphatic carbocycles. The van der Waals surface area contributed by atoms with Gasteiger partial charge in [0.25, 0.3) is 0 Å². The van der Waals surface area contributed by atoms with E-state index in [2.05, 4.69) is 10.3 Å². The Kier molecular flexibility index (Phi) is 4.71. The van der Waals surface area contributed by atoms with Crippen molar-refractivity contribution in [2.45, 2.75) is 26.8 Å². The van der Waals surface area contributed by atoms with Gasteiger partial charge in [0.05, 0.1) is 21.3 Å². The summed E-state index contributed by atoms with van der Waals surface area (Å²) in [5.74, 6) is -1.40. The standard InChI is InChI=1S/C17H20N4O3S/c1-4-20-7-8-21(16(23)15(20)22)17(24)18-10(2)12-5-6-13-14(9-12)25-11(3)19-13/h5-6,9-10H,4,7-8H2,1-3H3,(H,18,24). The molecule has 3 rings (SSSR count). The van der Waals surface area contributed by atoms with Crippen molar-refractivity contribution in [3.05, 3.63) is 28.8 Å². The largest absolute Gasteiger partial charge is 0.333 e. The van der Waals surface area contributed by atoms with Gasteiger partial charge in [-0.15, -0.1) is 11.3 Å². The van der Waals surface area contributed by atoms with Gasteiger partial charge in [0.2, 0.25) is 0 Å². The van der Waals surface area contributed by atoms with E-state index in [0.717, 1.165) is 25.7 Å². The number of nitrogens with zero attached hydrogens (tertiary/aromatic N) is 3. The fraction of sp³-hybridized carbons (Fsp3) is 0.412. The van der Waals surface area contributed by atoms with Gasteiger partial charge in [-0.1, -0.05) is 6.07 Å². The molecule has 0 saturated carbocycles. The zero-order valence-corrected chi connectivity index (χ0v) is 15.2. The number of thiazole rings is 1. The normalized spacial score (nSPS) is 16.4. The van der Waals surface area contributed by atoms with Crippen LogP contribution in [0.4, 0.5) is 4.79 Å². The van der Waals surface area contributed by atoms with E-state index in [4.69, 9.17) is 0 Å². The first-order chi connectivity index (χ1) is 11.9. The van der Waals surface area contributed by atoms with E-state index in [-0.39, 0.29) is 12.6 Å². The average molecular weight is 360 g/mol. The minimum atomic E-state index is -0.772. The number of carbonyl (C=O) groups is 3. The zero-order chi connectivity index (χ0) is 18.1. The smallest absolute Gasteiger partial charge is 0.325 e. The first-order valence-electron chi connectivity index (χ1n) is 8.19. The number of aromatic nitrogens is 1. The molecule has 4 amide bonds. The number of benzene rings is 1. The number of imide groups is 1. The van der Waals surface area contributed by atoms with Crippen LogP contribution in [0.25, 0.3) is 10.2 Å². The Labute approximate surface area is 149 Å². The molecule has 1 N–H and O–H groups in total. The number of hydrogen-bond acceptors (Lipinski definition) is 5. The molecule has 0 bridgehead atoms. The van der Waals surface area contributed by atoms with Gasteiger partial charge in [-0.2, -0.15) is 0 Å². The van der Waals surface area contributed by atoms with Gasteiger partial charge < -0.3 is 10.2 Å². The number of carbonyl (C=O) groups excluding carboxylic acids is 3. The number of hydrogen-bond donors (Lipinski definition) is 1. The highest BCUT2D eigenvalue weighted by atomic mass is 32.1. The van der Waals surface area contributed by atoms with Crippen LogP contribution in [0, 0.1) is 6.92 Å². The number of likely N-dealkylation sites (N-methyl/N-ethyl adjacent to an activating group) is 1. The Hall–Kier alpha value is -2.48. The fourth-order valence-electron chi connectivity index (χ4n) is 2.84. The van der Waals surface area contributed by atoms with Crippen LogP contribution in [0.3, 0.4) is 0 Å². The van der Waals surface area contributed by atoms with Crippen molar-refractivity contribution in [1.29, 1.82) is 0 Å². The van der Waals surface area contributed by atoms with Crippen LogP contribution in [-0.4, -0.2) is 52.3 Å². The summed E-state index contributed by atoms with van der Waals surface area (Å²) < 4.78 is 1.05. The molecule has 7 nitrogen and oxygen atoms in total. The molecule has 8 heteroatoms. The van der Waals surface area contributed by atoms with Crippen LogP contribution < -0.4 is 5.32 Å². The van der Waals surface area contributed by atoms with Crippen molar-refractivity contribution in [2.24, 2.45) is 0 Å². The Morgan fingerprint density at radius 2 is 2.08 bits per heavy atom. The summed E-state index contributed by atoms with van der Waals surface area (Å²) in [5.41, 5.74) is 1.86. The Bertz CT molecular complexity index is 848. The molecule has 2 heterocycles. The lowest BCUT2D eigenvalue weighted by Gasteiger charge is -2.32. The first kappa shape index (κ1) is 17.3. The molecule has 1 fully saturated rings. The van der Waals surface area contributed by atoms with E-state index in [0.29, 0.717) is 13.1 Å². The number of fused-ring (bicyclic) bond motifs is 1. The average Bonchev–Trinajstić information content (AvgIpc) is 2.96. The molecule has 2 aromatic rings. The second kappa shape index (κ2) is 6.79. The van der Waals surface area contributed by atoms with Gasteiger partial charge in [0, 0.05) is 19.6 Å². The molecule has 0 spiro atoms. The van der Waals surface area contributed by atoms with Crippen molar-refractivity contribution in [1.82, 2.24) is 20.1 Å². The Balaban J connectivity index is 1.71. The second-order valence-corrected chi connectivity index (χ2v) is 7.21. The summed E-state index contributed by atoms with van der Waals surface area (Å²) in [6, 6.07) is 5.00. The number of amides is 4. The van der Waals surface area contributed by atoms with Crippen molar-refractivity contribution >= 4 is 39.4 Å². The maximum Gasteiger partial charge on any atom is 0.325 e. The maximum absolute atomic E-state index is 12.4. The van der Waals surface area contributed by atoms with Gasteiger partial charge >= 0.3 is 17.8 Å². The highest BCUT2D eigenvalue weighted by Crippen LogP contribution is 2.25. The predicted octanol–water partition coefficient (Wildman–Crippen LogP) is 2.07. The molecule has 1 unspecified atom stereocenters. The van der Waals surface area contributed by atoms with Crippen LogP contribution in [0.2, 0.25) is 0 Å². The van der Waals surface area contributed by atoms with Crippen LogP contribution in [0.5, 0.6) is 0 Å². The van der Waals surface area contributed by atoms with E-state index in [1.54, 1.807) is 18.3 Å². The van der Waals surface area contributed by atoms with Crippen molar-refractivity contribution in [3.63, 3.8) is 0 Å². The number of urea groups is 1. The lowest BCUT2D eigenvalue weighted by atomic mass is 10.1. The van der Waals surface area contributed by atoms with Crippen molar-refractivity contribution < 1.29 is 14.4 Å². The maximum atomic E-state index is 12.4. The van der Waals surface area contributed by atoms with Crippen LogP contribution in [0.15, 0.2) is 18.2 Å². The third kappa shape index (κ3) is 3.34. The second-order valence-electron chi connectivity index (χ2n) is 5.97. The molecule has 1 atom stereocenters. The minimum absolute atomic E-state index is 0.212. The fourth-order valence-corrected chi connectivity index (χ4v) is 3.72. The quantitative estimate of drug-likeness (QED) is 0.850. The number of nitrogens with one attached hydrogen (secondary N) is 1. The molecule has 1 aromatic heterocycles. The SMILES string of the molecule is CCN1CCN(C(=O)NC(C)c2ccc3nc(C)sc3c2)C(=O)C1=O. The summed E-state index contributed by atoms with van der Waals surface area (Å²) >= 11 is 1.60. The monoisotopic (exact) mass is 360 g/mol. The molecule has 0 radical (unpaired) electrons. The molecule has 1 aromatic carbocycles. The molecule has 25 heavy (non-hydrogen) atoms. The summed E-state index contributed by atoms with van der Waals surface area (Å²) in [7, 11) is 0.